The zero-order valence-corrected chi connectivity index (χ0v) is 16.1. The Bertz CT molecular complexity index is 1280. The first kappa shape index (κ1) is 18.5. The van der Waals surface area contributed by atoms with Gasteiger partial charge in [0, 0.05) is 6.20 Å². The Labute approximate surface area is 166 Å². The maximum Gasteiger partial charge on any atom is 0.301 e. The van der Waals surface area contributed by atoms with Crippen LogP contribution in [-0.2, 0) is 6.54 Å². The number of nitrogens with zero attached hydrogens (tertiary/aromatic N) is 4. The van der Waals surface area contributed by atoms with E-state index in [9.17, 15) is 9.59 Å². The van der Waals surface area contributed by atoms with Crippen LogP contribution in [0.3, 0.4) is 0 Å². The van der Waals surface area contributed by atoms with Crippen LogP contribution in [0.2, 0.25) is 0 Å². The third kappa shape index (κ3) is 3.77. The molecule has 0 spiro atoms. The smallest absolute Gasteiger partial charge is 0.301 e. The molecule has 0 aliphatic rings. The molecule has 0 amide bonds. The third-order valence-electron chi connectivity index (χ3n) is 4.79. The van der Waals surface area contributed by atoms with E-state index in [1.807, 2.05) is 56.3 Å². The fourth-order valence-corrected chi connectivity index (χ4v) is 3.19. The van der Waals surface area contributed by atoms with Crippen molar-refractivity contribution >= 4 is 17.0 Å². The van der Waals surface area contributed by atoms with Crippen LogP contribution in [0.1, 0.15) is 29.8 Å². The van der Waals surface area contributed by atoms with Gasteiger partial charge in [0.05, 0.1) is 24.6 Å². The van der Waals surface area contributed by atoms with Crippen molar-refractivity contribution in [3.05, 3.63) is 92.5 Å². The molecular weight excluding hydrogens is 368 g/mol. The minimum Gasteiger partial charge on any atom is -0.349 e. The van der Waals surface area contributed by atoms with E-state index in [1.165, 1.54) is 6.33 Å². The molecule has 4 rings (SSSR count). The zero-order valence-electron chi connectivity index (χ0n) is 16.1. The van der Waals surface area contributed by atoms with Gasteiger partial charge < -0.3 is 9.88 Å². The van der Waals surface area contributed by atoms with Crippen LogP contribution in [0.25, 0.3) is 11.0 Å². The van der Waals surface area contributed by atoms with Crippen molar-refractivity contribution in [2.24, 2.45) is 0 Å². The number of nitrogens with one attached hydrogen (secondary N) is 2. The van der Waals surface area contributed by atoms with Gasteiger partial charge in [0.25, 0.3) is 5.56 Å². The van der Waals surface area contributed by atoms with E-state index < -0.39 is 11.1 Å². The Hall–Kier alpha value is -3.81. The lowest BCUT2D eigenvalue weighted by atomic mass is 10.1. The first-order chi connectivity index (χ1) is 14.0. The average molecular weight is 388 g/mol. The highest BCUT2D eigenvalue weighted by Crippen LogP contribution is 2.15. The first-order valence-corrected chi connectivity index (χ1v) is 9.24. The molecule has 0 bridgehead atoms. The number of benzene rings is 1. The highest BCUT2D eigenvalue weighted by atomic mass is 16.1. The number of fused-ring (bicyclic) bond motifs is 1. The van der Waals surface area contributed by atoms with Crippen molar-refractivity contribution in [2.75, 3.05) is 5.32 Å². The van der Waals surface area contributed by atoms with E-state index in [0.29, 0.717) is 6.54 Å². The van der Waals surface area contributed by atoms with Crippen LogP contribution in [0.5, 0.6) is 0 Å². The summed E-state index contributed by atoms with van der Waals surface area (Å²) in [6, 6.07) is 13.3. The largest absolute Gasteiger partial charge is 0.349 e. The topological polar surface area (TPSA) is 106 Å². The lowest BCUT2D eigenvalue weighted by Gasteiger charge is -2.13. The molecule has 0 aliphatic carbocycles. The number of pyridine rings is 1. The summed E-state index contributed by atoms with van der Waals surface area (Å²) in [6.07, 6.45) is 3.16. The second-order valence-electron chi connectivity index (χ2n) is 6.83. The van der Waals surface area contributed by atoms with Crippen molar-refractivity contribution in [1.29, 1.82) is 0 Å². The van der Waals surface area contributed by atoms with Gasteiger partial charge in [0.15, 0.2) is 5.52 Å². The second-order valence-corrected chi connectivity index (χ2v) is 6.83. The Morgan fingerprint density at radius 3 is 2.66 bits per heavy atom. The number of hydrogen-bond donors (Lipinski definition) is 2. The summed E-state index contributed by atoms with van der Waals surface area (Å²) in [5.41, 5.74) is 1.99. The van der Waals surface area contributed by atoms with Crippen molar-refractivity contribution in [1.82, 2.24) is 24.5 Å². The summed E-state index contributed by atoms with van der Waals surface area (Å²) in [5, 5.41) is 3.09. The van der Waals surface area contributed by atoms with Crippen LogP contribution in [0, 0.1) is 6.92 Å². The van der Waals surface area contributed by atoms with Gasteiger partial charge in [-0.05, 0) is 31.0 Å². The second kappa shape index (κ2) is 7.67. The zero-order chi connectivity index (χ0) is 20.4. The normalized spacial score (nSPS) is 12.1. The monoisotopic (exact) mass is 388 g/mol. The molecule has 3 aromatic heterocycles. The molecule has 8 nitrogen and oxygen atoms in total. The SMILES string of the molecule is Cc1cccnc1Cn1cnc2c(=O)nc(N[C@@H](C)c3ccccc3)[nH]c(=O)c21. The van der Waals surface area contributed by atoms with E-state index in [-0.39, 0.29) is 23.0 Å². The molecule has 4 aromatic rings. The highest BCUT2D eigenvalue weighted by molar-refractivity contribution is 5.73. The molecule has 2 N–H and O–H groups in total. The molecule has 0 saturated carbocycles. The fourth-order valence-electron chi connectivity index (χ4n) is 3.19. The fraction of sp³-hybridized carbons (Fsp3) is 0.190. The summed E-state index contributed by atoms with van der Waals surface area (Å²) in [6.45, 7) is 4.20. The molecule has 0 unspecified atom stereocenters. The summed E-state index contributed by atoms with van der Waals surface area (Å²) in [5.74, 6) is 0.106. The molecule has 1 aromatic carbocycles. The van der Waals surface area contributed by atoms with Gasteiger partial charge in [-0.3, -0.25) is 19.6 Å². The summed E-state index contributed by atoms with van der Waals surface area (Å²) >= 11 is 0. The number of rotatable bonds is 5. The Morgan fingerprint density at radius 1 is 1.10 bits per heavy atom. The minimum atomic E-state index is -0.572. The van der Waals surface area contributed by atoms with Crippen molar-refractivity contribution in [3.8, 4) is 0 Å². The summed E-state index contributed by atoms with van der Waals surface area (Å²) < 4.78 is 1.62. The van der Waals surface area contributed by atoms with Gasteiger partial charge >= 0.3 is 5.56 Å². The Kier molecular flexibility index (Phi) is 4.90. The number of aromatic nitrogens is 5. The van der Waals surface area contributed by atoms with Crippen LogP contribution in [0.15, 0.2) is 64.6 Å². The number of hydrogen-bond acceptors (Lipinski definition) is 6. The lowest BCUT2D eigenvalue weighted by Crippen LogP contribution is -2.14. The Morgan fingerprint density at radius 2 is 1.90 bits per heavy atom. The van der Waals surface area contributed by atoms with E-state index in [0.717, 1.165) is 16.8 Å². The van der Waals surface area contributed by atoms with Gasteiger partial charge in [0.2, 0.25) is 5.95 Å². The standard InChI is InChI=1S/C21H20N6O2/c1-13-7-6-10-22-16(13)11-27-12-23-17-18(27)20(29)26-21(25-19(17)28)24-14(2)15-8-4-3-5-9-15/h3-10,12,14H,11H2,1-2H3,(H2,24,25,26,28,29)/t14-/m0/s1. The highest BCUT2D eigenvalue weighted by Gasteiger charge is 2.14. The number of anilines is 1. The number of H-pyrrole nitrogens is 1. The van der Waals surface area contributed by atoms with Crippen molar-refractivity contribution in [3.63, 3.8) is 0 Å². The van der Waals surface area contributed by atoms with Gasteiger partial charge in [-0.2, -0.15) is 4.98 Å². The van der Waals surface area contributed by atoms with E-state index in [2.05, 4.69) is 25.3 Å². The van der Waals surface area contributed by atoms with Crippen molar-refractivity contribution in [2.45, 2.75) is 26.4 Å². The lowest BCUT2D eigenvalue weighted by molar-refractivity contribution is 0.786. The maximum atomic E-state index is 12.9. The molecule has 0 radical (unpaired) electrons. The number of aryl methyl sites for hydroxylation is 1. The predicted octanol–water partition coefficient (Wildman–Crippen LogP) is 2.40. The van der Waals surface area contributed by atoms with E-state index in [1.54, 1.807) is 10.8 Å². The van der Waals surface area contributed by atoms with Gasteiger partial charge in [0.1, 0.15) is 5.52 Å². The van der Waals surface area contributed by atoms with Crippen LogP contribution < -0.4 is 16.4 Å². The van der Waals surface area contributed by atoms with Crippen LogP contribution in [-0.4, -0.2) is 24.5 Å². The van der Waals surface area contributed by atoms with Crippen LogP contribution >= 0.6 is 0 Å². The molecule has 8 heteroatoms. The van der Waals surface area contributed by atoms with E-state index in [4.69, 9.17) is 0 Å². The van der Waals surface area contributed by atoms with Gasteiger partial charge in [-0.25, -0.2) is 4.98 Å². The summed E-state index contributed by atoms with van der Waals surface area (Å²) in [7, 11) is 0. The molecule has 0 saturated heterocycles. The molecule has 0 aliphatic heterocycles. The maximum absolute atomic E-state index is 12.9. The number of imidazole rings is 1. The molecule has 29 heavy (non-hydrogen) atoms. The average Bonchev–Trinajstić information content (AvgIpc) is 3.09. The Balaban J connectivity index is 1.75. The summed E-state index contributed by atoms with van der Waals surface area (Å²) in [4.78, 5) is 40.7. The van der Waals surface area contributed by atoms with Gasteiger partial charge in [-0.15, -0.1) is 0 Å². The number of aromatic amines is 1. The quantitative estimate of drug-likeness (QED) is 0.544. The first-order valence-electron chi connectivity index (χ1n) is 9.24. The van der Waals surface area contributed by atoms with Gasteiger partial charge in [-0.1, -0.05) is 36.4 Å². The van der Waals surface area contributed by atoms with Crippen LogP contribution in [0.4, 0.5) is 5.95 Å². The van der Waals surface area contributed by atoms with E-state index >= 15 is 0 Å². The molecule has 146 valence electrons. The molecule has 1 atom stereocenters. The molecular formula is C21H20N6O2. The molecule has 0 fully saturated rings. The predicted molar refractivity (Wildman–Crippen MR) is 111 cm³/mol. The third-order valence-corrected chi connectivity index (χ3v) is 4.79. The van der Waals surface area contributed by atoms with Crippen molar-refractivity contribution < 1.29 is 0 Å². The molecule has 3 heterocycles. The minimum absolute atomic E-state index is 0.0280.